The first-order valence-electron chi connectivity index (χ1n) is 5.20. The Morgan fingerprint density at radius 2 is 1.56 bits per heavy atom. The van der Waals surface area contributed by atoms with Crippen LogP contribution < -0.4 is 5.73 Å². The SMILES string of the molecule is CN=C(N)c1ccccc1-c1ccccc1. The maximum atomic E-state index is 5.88. The summed E-state index contributed by atoms with van der Waals surface area (Å²) in [6, 6.07) is 18.2. The molecule has 0 aromatic heterocycles. The summed E-state index contributed by atoms with van der Waals surface area (Å²) in [4.78, 5) is 4.04. The van der Waals surface area contributed by atoms with E-state index in [2.05, 4.69) is 23.2 Å². The molecule has 0 spiro atoms. The number of benzene rings is 2. The van der Waals surface area contributed by atoms with Gasteiger partial charge in [0.05, 0.1) is 0 Å². The van der Waals surface area contributed by atoms with E-state index in [4.69, 9.17) is 5.73 Å². The number of amidine groups is 1. The van der Waals surface area contributed by atoms with Crippen molar-refractivity contribution in [3.8, 4) is 11.1 Å². The van der Waals surface area contributed by atoms with Gasteiger partial charge in [-0.15, -0.1) is 0 Å². The number of hydrogen-bond donors (Lipinski definition) is 1. The first-order valence-corrected chi connectivity index (χ1v) is 5.20. The van der Waals surface area contributed by atoms with Crippen LogP contribution in [0.3, 0.4) is 0 Å². The van der Waals surface area contributed by atoms with Gasteiger partial charge in [0.15, 0.2) is 0 Å². The Hall–Kier alpha value is -2.09. The quantitative estimate of drug-likeness (QED) is 0.600. The Kier molecular flexibility index (Phi) is 3.01. The zero-order chi connectivity index (χ0) is 11.4. The number of rotatable bonds is 2. The highest BCUT2D eigenvalue weighted by molar-refractivity contribution is 6.03. The van der Waals surface area contributed by atoms with Gasteiger partial charge in [0.25, 0.3) is 0 Å². The Labute approximate surface area is 95.5 Å². The molecule has 0 aliphatic carbocycles. The van der Waals surface area contributed by atoms with Crippen LogP contribution >= 0.6 is 0 Å². The summed E-state index contributed by atoms with van der Waals surface area (Å²) in [5.41, 5.74) is 9.14. The summed E-state index contributed by atoms with van der Waals surface area (Å²) in [5.74, 6) is 0.569. The second kappa shape index (κ2) is 4.62. The van der Waals surface area contributed by atoms with Gasteiger partial charge in [-0.1, -0.05) is 54.6 Å². The Morgan fingerprint density at radius 1 is 0.938 bits per heavy atom. The highest BCUT2D eigenvalue weighted by Crippen LogP contribution is 2.22. The van der Waals surface area contributed by atoms with Crippen LogP contribution in [-0.2, 0) is 0 Å². The van der Waals surface area contributed by atoms with Crippen molar-refractivity contribution in [2.24, 2.45) is 10.7 Å². The van der Waals surface area contributed by atoms with E-state index >= 15 is 0 Å². The number of aliphatic imine (C=N–C) groups is 1. The molecule has 80 valence electrons. The summed E-state index contributed by atoms with van der Waals surface area (Å²) in [7, 11) is 1.71. The Balaban J connectivity index is 2.58. The second-order valence-corrected chi connectivity index (χ2v) is 3.52. The lowest BCUT2D eigenvalue weighted by Crippen LogP contribution is -2.14. The van der Waals surface area contributed by atoms with Gasteiger partial charge in [0.1, 0.15) is 5.84 Å². The van der Waals surface area contributed by atoms with Crippen molar-refractivity contribution >= 4 is 5.84 Å². The molecule has 0 bridgehead atoms. The van der Waals surface area contributed by atoms with E-state index in [1.165, 1.54) is 0 Å². The van der Waals surface area contributed by atoms with Crippen LogP contribution in [0.2, 0.25) is 0 Å². The number of nitrogens with two attached hydrogens (primary N) is 1. The summed E-state index contributed by atoms with van der Waals surface area (Å²) in [6.45, 7) is 0. The Morgan fingerprint density at radius 3 is 2.25 bits per heavy atom. The monoisotopic (exact) mass is 210 g/mol. The summed E-state index contributed by atoms with van der Waals surface area (Å²) >= 11 is 0. The van der Waals surface area contributed by atoms with E-state index in [9.17, 15) is 0 Å². The van der Waals surface area contributed by atoms with Gasteiger partial charge in [-0.3, -0.25) is 4.99 Å². The molecular formula is C14H14N2. The molecule has 2 aromatic rings. The van der Waals surface area contributed by atoms with Crippen molar-refractivity contribution in [3.63, 3.8) is 0 Å². The highest BCUT2D eigenvalue weighted by Gasteiger charge is 2.06. The maximum absolute atomic E-state index is 5.88. The van der Waals surface area contributed by atoms with Gasteiger partial charge in [-0.25, -0.2) is 0 Å². The van der Waals surface area contributed by atoms with E-state index in [-0.39, 0.29) is 0 Å². The summed E-state index contributed by atoms with van der Waals surface area (Å²) < 4.78 is 0. The molecule has 16 heavy (non-hydrogen) atoms. The second-order valence-electron chi connectivity index (χ2n) is 3.52. The van der Waals surface area contributed by atoms with Crippen molar-refractivity contribution in [2.75, 3.05) is 7.05 Å². The third-order valence-corrected chi connectivity index (χ3v) is 2.53. The van der Waals surface area contributed by atoms with Gasteiger partial charge < -0.3 is 5.73 Å². The third kappa shape index (κ3) is 1.96. The molecule has 0 heterocycles. The maximum Gasteiger partial charge on any atom is 0.125 e. The van der Waals surface area contributed by atoms with Crippen LogP contribution in [0.5, 0.6) is 0 Å². The van der Waals surface area contributed by atoms with Crippen molar-refractivity contribution in [2.45, 2.75) is 0 Å². The van der Waals surface area contributed by atoms with Crippen LogP contribution in [0.25, 0.3) is 11.1 Å². The predicted octanol–water partition coefficient (Wildman–Crippen LogP) is 2.69. The van der Waals surface area contributed by atoms with Crippen LogP contribution in [0, 0.1) is 0 Å². The topological polar surface area (TPSA) is 38.4 Å². The number of nitrogens with zero attached hydrogens (tertiary/aromatic N) is 1. The molecule has 0 atom stereocenters. The molecule has 0 amide bonds. The normalized spacial score (nSPS) is 11.4. The highest BCUT2D eigenvalue weighted by atomic mass is 14.8. The zero-order valence-electron chi connectivity index (χ0n) is 9.22. The minimum atomic E-state index is 0.569. The van der Waals surface area contributed by atoms with Crippen molar-refractivity contribution in [3.05, 3.63) is 60.2 Å². The lowest BCUT2D eigenvalue weighted by molar-refractivity contribution is 1.39. The molecule has 2 aromatic carbocycles. The standard InChI is InChI=1S/C14H14N2/c1-16-14(15)13-10-6-5-9-12(13)11-7-3-2-4-8-11/h2-10H,1H3,(H2,15,16). The fourth-order valence-corrected chi connectivity index (χ4v) is 1.70. The molecule has 2 nitrogen and oxygen atoms in total. The molecule has 0 aliphatic rings. The molecule has 0 radical (unpaired) electrons. The average molecular weight is 210 g/mol. The van der Waals surface area contributed by atoms with Crippen LogP contribution in [0.4, 0.5) is 0 Å². The molecule has 0 fully saturated rings. The molecule has 0 unspecified atom stereocenters. The minimum absolute atomic E-state index is 0.569. The summed E-state index contributed by atoms with van der Waals surface area (Å²) in [6.07, 6.45) is 0. The van der Waals surface area contributed by atoms with Gasteiger partial charge in [-0.2, -0.15) is 0 Å². The fraction of sp³-hybridized carbons (Fsp3) is 0.0714. The smallest absolute Gasteiger partial charge is 0.125 e. The molecule has 0 saturated carbocycles. The van der Waals surface area contributed by atoms with E-state index < -0.39 is 0 Å². The van der Waals surface area contributed by atoms with Gasteiger partial charge >= 0.3 is 0 Å². The molecule has 0 aliphatic heterocycles. The number of hydrogen-bond acceptors (Lipinski definition) is 1. The first-order chi connectivity index (χ1) is 7.83. The average Bonchev–Trinajstić information content (AvgIpc) is 2.39. The van der Waals surface area contributed by atoms with Crippen molar-refractivity contribution in [1.82, 2.24) is 0 Å². The minimum Gasteiger partial charge on any atom is -0.383 e. The summed E-state index contributed by atoms with van der Waals surface area (Å²) in [5, 5.41) is 0. The van der Waals surface area contributed by atoms with Crippen LogP contribution in [-0.4, -0.2) is 12.9 Å². The van der Waals surface area contributed by atoms with E-state index in [1.807, 2.05) is 36.4 Å². The van der Waals surface area contributed by atoms with Crippen LogP contribution in [0.15, 0.2) is 59.6 Å². The van der Waals surface area contributed by atoms with E-state index in [0.717, 1.165) is 16.7 Å². The molecule has 2 N–H and O–H groups in total. The first kappa shape index (κ1) is 10.4. The van der Waals surface area contributed by atoms with E-state index in [1.54, 1.807) is 7.05 Å². The van der Waals surface area contributed by atoms with Gasteiger partial charge in [0.2, 0.25) is 0 Å². The largest absolute Gasteiger partial charge is 0.383 e. The molecule has 0 saturated heterocycles. The van der Waals surface area contributed by atoms with Crippen LogP contribution in [0.1, 0.15) is 5.56 Å². The molecular weight excluding hydrogens is 196 g/mol. The lowest BCUT2D eigenvalue weighted by atomic mass is 9.99. The third-order valence-electron chi connectivity index (χ3n) is 2.53. The predicted molar refractivity (Wildman–Crippen MR) is 68.5 cm³/mol. The van der Waals surface area contributed by atoms with Crippen molar-refractivity contribution in [1.29, 1.82) is 0 Å². The lowest BCUT2D eigenvalue weighted by Gasteiger charge is -2.08. The van der Waals surface area contributed by atoms with Gasteiger partial charge in [0, 0.05) is 12.6 Å². The molecule has 2 rings (SSSR count). The fourth-order valence-electron chi connectivity index (χ4n) is 1.70. The molecule has 2 heteroatoms. The van der Waals surface area contributed by atoms with Crippen molar-refractivity contribution < 1.29 is 0 Å². The van der Waals surface area contributed by atoms with Gasteiger partial charge in [-0.05, 0) is 11.1 Å². The Bertz CT molecular complexity index is 501. The van der Waals surface area contributed by atoms with E-state index in [0.29, 0.717) is 5.84 Å². The zero-order valence-corrected chi connectivity index (χ0v) is 9.22.